The van der Waals surface area contributed by atoms with Crippen LogP contribution in [0.15, 0.2) is 24.3 Å². The third-order valence-electron chi connectivity index (χ3n) is 5.11. The monoisotopic (exact) mass is 545 g/mol. The molecule has 6 N–H and O–H groups in total. The van der Waals surface area contributed by atoms with Crippen molar-refractivity contribution >= 4 is 64.7 Å². The van der Waals surface area contributed by atoms with Gasteiger partial charge in [0.05, 0.1) is 18.9 Å². The van der Waals surface area contributed by atoms with E-state index in [0.29, 0.717) is 35.1 Å². The van der Waals surface area contributed by atoms with Gasteiger partial charge in [0.2, 0.25) is 5.91 Å². The molecule has 0 saturated carbocycles. The molecule has 1 saturated heterocycles. The molecule has 1 aromatic heterocycles. The number of morpholine rings is 1. The van der Waals surface area contributed by atoms with Crippen molar-refractivity contribution in [1.29, 1.82) is 5.41 Å². The van der Waals surface area contributed by atoms with Gasteiger partial charge in [-0.2, -0.15) is 0 Å². The highest BCUT2D eigenvalue weighted by molar-refractivity contribution is 7.17. The number of thiazole rings is 1. The van der Waals surface area contributed by atoms with E-state index in [-0.39, 0.29) is 42.6 Å². The molecule has 0 radical (unpaired) electrons. The van der Waals surface area contributed by atoms with Crippen LogP contribution in [0.4, 0.5) is 10.8 Å². The molecule has 2 heterocycles. The van der Waals surface area contributed by atoms with Gasteiger partial charge in [-0.25, -0.2) is 4.98 Å². The fourth-order valence-corrected chi connectivity index (χ4v) is 4.46. The maximum absolute atomic E-state index is 12.8. The van der Waals surface area contributed by atoms with Gasteiger partial charge in [0.25, 0.3) is 5.91 Å². The molecule has 35 heavy (non-hydrogen) atoms. The lowest BCUT2D eigenvalue weighted by molar-refractivity contribution is -0.114. The molecule has 3 rings (SSSR count). The average molecular weight is 547 g/mol. The number of rotatable bonds is 10. The predicted octanol–water partition coefficient (Wildman–Crippen LogP) is 2.49. The highest BCUT2D eigenvalue weighted by atomic mass is 35.5. The summed E-state index contributed by atoms with van der Waals surface area (Å²) < 4.78 is 5.36. The maximum Gasteiger partial charge on any atom is 0.263 e. The third kappa shape index (κ3) is 10.4. The number of hydrogen-bond donors (Lipinski definition) is 5. The molecule has 194 valence electrons. The molecule has 1 aromatic carbocycles. The van der Waals surface area contributed by atoms with Crippen LogP contribution >= 0.6 is 36.2 Å². The quantitative estimate of drug-likeness (QED) is 0.175. The lowest BCUT2D eigenvalue weighted by Gasteiger charge is -2.26. The molecule has 0 aliphatic carbocycles. The van der Waals surface area contributed by atoms with Crippen LogP contribution in [0.3, 0.4) is 0 Å². The number of carbonyl (C=O) groups is 2. The van der Waals surface area contributed by atoms with Crippen molar-refractivity contribution in [3.63, 3.8) is 0 Å². The summed E-state index contributed by atoms with van der Waals surface area (Å²) in [5, 5.41) is 16.1. The lowest BCUT2D eigenvalue weighted by atomic mass is 10.1. The van der Waals surface area contributed by atoms with Crippen LogP contribution in [0.2, 0.25) is 0 Å². The summed E-state index contributed by atoms with van der Waals surface area (Å²) in [5.74, 6) is -0.500. The minimum Gasteiger partial charge on any atom is -0.379 e. The summed E-state index contributed by atoms with van der Waals surface area (Å²) in [6, 6.07) is 7.58. The Morgan fingerprint density at radius 2 is 1.83 bits per heavy atom. The minimum atomic E-state index is -0.221. The smallest absolute Gasteiger partial charge is 0.263 e. The summed E-state index contributed by atoms with van der Waals surface area (Å²) in [7, 11) is 0. The van der Waals surface area contributed by atoms with E-state index in [1.807, 2.05) is 24.3 Å². The number of guanidine groups is 1. The van der Waals surface area contributed by atoms with Gasteiger partial charge in [-0.1, -0.05) is 23.5 Å². The Hall–Kier alpha value is -2.44. The van der Waals surface area contributed by atoms with E-state index in [2.05, 4.69) is 25.8 Å². The molecule has 10 nitrogen and oxygen atoms in total. The maximum atomic E-state index is 12.8. The topological polar surface area (TPSA) is 145 Å². The van der Waals surface area contributed by atoms with Crippen LogP contribution in [0, 0.1) is 5.41 Å². The van der Waals surface area contributed by atoms with Gasteiger partial charge >= 0.3 is 0 Å². The number of aromatic nitrogens is 1. The lowest BCUT2D eigenvalue weighted by Crippen LogP contribution is -2.38. The zero-order valence-electron chi connectivity index (χ0n) is 19.6. The number of hydrogen-bond acceptors (Lipinski definition) is 7. The van der Waals surface area contributed by atoms with E-state index in [9.17, 15) is 9.59 Å². The first-order valence-electron chi connectivity index (χ1n) is 11.0. The molecule has 0 unspecified atom stereocenters. The van der Waals surface area contributed by atoms with Crippen LogP contribution in [0.5, 0.6) is 0 Å². The van der Waals surface area contributed by atoms with Crippen molar-refractivity contribution in [2.45, 2.75) is 26.2 Å². The molecule has 1 fully saturated rings. The van der Waals surface area contributed by atoms with Crippen LogP contribution in [0.1, 0.15) is 34.3 Å². The Bertz CT molecular complexity index is 966. The Morgan fingerprint density at radius 3 is 2.46 bits per heavy atom. The molecule has 2 amide bonds. The van der Waals surface area contributed by atoms with E-state index in [1.54, 1.807) is 0 Å². The summed E-state index contributed by atoms with van der Waals surface area (Å²) in [5.41, 5.74) is 7.82. The zero-order valence-corrected chi connectivity index (χ0v) is 22.0. The number of nitrogens with one attached hydrogen (secondary N) is 4. The highest BCUT2D eigenvalue weighted by Gasteiger charge is 2.19. The van der Waals surface area contributed by atoms with Gasteiger partial charge in [0.15, 0.2) is 11.1 Å². The first kappa shape index (κ1) is 30.6. The van der Waals surface area contributed by atoms with Crippen molar-refractivity contribution in [3.05, 3.63) is 40.4 Å². The van der Waals surface area contributed by atoms with E-state index in [1.165, 1.54) is 18.3 Å². The number of nitrogens with zero attached hydrogens (tertiary/aromatic N) is 2. The predicted molar refractivity (Wildman–Crippen MR) is 145 cm³/mol. The van der Waals surface area contributed by atoms with E-state index in [4.69, 9.17) is 15.9 Å². The molecule has 0 bridgehead atoms. The standard InChI is InChI=1S/C22H31N7O3S.2ClH/c1-15(30)26-22-28-18(8-5-16-3-6-17(7-4-16)27-21(23)24)19(33-22)20(31)25-9-2-10-29-11-13-32-14-12-29;;/h3-4,6-7H,2,5,8-14H2,1H3,(H,25,31)(H4,23,24,27)(H,26,28,30);2*1H. The molecular weight excluding hydrogens is 513 g/mol. The first-order chi connectivity index (χ1) is 15.9. The molecule has 1 aliphatic heterocycles. The molecule has 1 aliphatic rings. The number of nitrogens with two attached hydrogens (primary N) is 1. The van der Waals surface area contributed by atoms with E-state index in [0.717, 1.165) is 50.5 Å². The number of anilines is 2. The van der Waals surface area contributed by atoms with Crippen LogP contribution in [-0.2, 0) is 22.4 Å². The second-order valence-corrected chi connectivity index (χ2v) is 8.77. The van der Waals surface area contributed by atoms with Gasteiger partial charge in [-0.3, -0.25) is 19.9 Å². The number of amides is 2. The molecule has 13 heteroatoms. The van der Waals surface area contributed by atoms with Crippen molar-refractivity contribution < 1.29 is 14.3 Å². The largest absolute Gasteiger partial charge is 0.379 e. The van der Waals surface area contributed by atoms with E-state index < -0.39 is 0 Å². The zero-order chi connectivity index (χ0) is 23.6. The number of carbonyl (C=O) groups excluding carboxylic acids is 2. The van der Waals surface area contributed by atoms with Crippen LogP contribution < -0.4 is 21.7 Å². The molecule has 2 aromatic rings. The van der Waals surface area contributed by atoms with Crippen molar-refractivity contribution in [2.24, 2.45) is 5.73 Å². The van der Waals surface area contributed by atoms with Crippen molar-refractivity contribution in [2.75, 3.05) is 50.0 Å². The fourth-order valence-electron chi connectivity index (χ4n) is 3.49. The van der Waals surface area contributed by atoms with Gasteiger partial charge < -0.3 is 26.4 Å². The Labute approximate surface area is 221 Å². The Kier molecular flexibility index (Phi) is 13.6. The van der Waals surface area contributed by atoms with E-state index >= 15 is 0 Å². The third-order valence-corrected chi connectivity index (χ3v) is 6.12. The second-order valence-electron chi connectivity index (χ2n) is 7.78. The summed E-state index contributed by atoms with van der Waals surface area (Å²) in [6.07, 6.45) is 2.10. The normalized spacial score (nSPS) is 13.2. The Morgan fingerprint density at radius 1 is 1.14 bits per heavy atom. The highest BCUT2D eigenvalue weighted by Crippen LogP contribution is 2.25. The number of benzene rings is 1. The van der Waals surface area contributed by atoms with Crippen LogP contribution in [-0.4, -0.2) is 67.1 Å². The number of aryl methyl sites for hydroxylation is 2. The van der Waals surface area contributed by atoms with Gasteiger partial charge in [-0.15, -0.1) is 24.8 Å². The number of ether oxygens (including phenoxy) is 1. The Balaban J connectivity index is 0.00000306. The van der Waals surface area contributed by atoms with Crippen molar-refractivity contribution in [1.82, 2.24) is 15.2 Å². The van der Waals surface area contributed by atoms with Crippen molar-refractivity contribution in [3.8, 4) is 0 Å². The number of halogens is 2. The molecular formula is C22H33Cl2N7O3S. The fraction of sp³-hybridized carbons (Fsp3) is 0.455. The molecule has 0 atom stereocenters. The average Bonchev–Trinajstić information content (AvgIpc) is 3.18. The summed E-state index contributed by atoms with van der Waals surface area (Å²) >= 11 is 1.20. The molecule has 0 spiro atoms. The van der Waals surface area contributed by atoms with Crippen LogP contribution in [0.25, 0.3) is 0 Å². The summed E-state index contributed by atoms with van der Waals surface area (Å²) in [6.45, 7) is 6.30. The van der Waals surface area contributed by atoms with Gasteiger partial charge in [0.1, 0.15) is 4.88 Å². The minimum absolute atomic E-state index is 0. The SMILES string of the molecule is CC(=O)Nc1nc(CCc2ccc(NC(=N)N)cc2)c(C(=O)NCCCN2CCOCC2)s1.Cl.Cl. The first-order valence-corrected chi connectivity index (χ1v) is 11.8. The summed E-state index contributed by atoms with van der Waals surface area (Å²) in [4.78, 5) is 31.7. The van der Waals surface area contributed by atoms with Gasteiger partial charge in [0, 0.05) is 32.2 Å². The van der Waals surface area contributed by atoms with Gasteiger partial charge in [-0.05, 0) is 43.5 Å². The second kappa shape index (κ2) is 15.5.